The van der Waals surface area contributed by atoms with Gasteiger partial charge >= 0.3 is 0 Å². The molecule has 0 spiro atoms. The molecule has 0 bridgehead atoms. The molecule has 146 valence electrons. The van der Waals surface area contributed by atoms with E-state index in [-0.39, 0.29) is 5.82 Å². The first-order valence-electron chi connectivity index (χ1n) is 10.6. The number of benzene rings is 2. The summed E-state index contributed by atoms with van der Waals surface area (Å²) in [5, 5.41) is 0. The molecule has 0 aliphatic carbocycles. The number of hydrogen-bond acceptors (Lipinski definition) is 1. The lowest BCUT2D eigenvalue weighted by Crippen LogP contribution is -1.92. The molecule has 0 radical (unpaired) electrons. The number of hydrogen-bond donors (Lipinski definition) is 0. The van der Waals surface area contributed by atoms with Gasteiger partial charge in [0.05, 0.1) is 5.69 Å². The maximum atomic E-state index is 14.4. The Labute approximate surface area is 168 Å². The van der Waals surface area contributed by atoms with Gasteiger partial charge in [0.2, 0.25) is 0 Å². The first-order valence-corrected chi connectivity index (χ1v) is 10.6. The first-order chi connectivity index (χ1) is 13.7. The summed E-state index contributed by atoms with van der Waals surface area (Å²) in [6.07, 6.45) is 10.1. The number of pyridine rings is 1. The zero-order valence-corrected chi connectivity index (χ0v) is 17.0. The van der Waals surface area contributed by atoms with Crippen LogP contribution in [-0.4, -0.2) is 4.98 Å². The van der Waals surface area contributed by atoms with Gasteiger partial charge in [-0.25, -0.2) is 4.39 Å². The van der Waals surface area contributed by atoms with E-state index in [2.05, 4.69) is 43.1 Å². The van der Waals surface area contributed by atoms with Gasteiger partial charge in [0.25, 0.3) is 0 Å². The molecule has 0 aliphatic heterocycles. The average molecular weight is 376 g/mol. The molecular formula is C26H30FN. The normalized spacial score (nSPS) is 11.0. The zero-order valence-electron chi connectivity index (χ0n) is 17.0. The van der Waals surface area contributed by atoms with Crippen LogP contribution in [-0.2, 0) is 12.8 Å². The van der Waals surface area contributed by atoms with E-state index in [0.29, 0.717) is 11.3 Å². The Morgan fingerprint density at radius 1 is 0.714 bits per heavy atom. The summed E-state index contributed by atoms with van der Waals surface area (Å²) in [6, 6.07) is 18.1. The predicted octanol–water partition coefficient (Wildman–Crippen LogP) is 7.63. The number of aryl methyl sites for hydroxylation is 2. The maximum Gasteiger partial charge on any atom is 0.132 e. The van der Waals surface area contributed by atoms with Gasteiger partial charge < -0.3 is 0 Å². The Bertz CT molecular complexity index is 866. The van der Waals surface area contributed by atoms with Gasteiger partial charge in [-0.05, 0) is 54.2 Å². The standard InChI is InChI=1S/C26H30FN/c1-3-5-6-7-9-20-10-13-22(14-11-20)23-15-17-26(28-19-23)24-16-12-21(8-4-2)18-25(24)27/h10-19H,3-9H2,1-2H3. The van der Waals surface area contributed by atoms with Crippen LogP contribution in [0.15, 0.2) is 60.8 Å². The van der Waals surface area contributed by atoms with Crippen LogP contribution >= 0.6 is 0 Å². The van der Waals surface area contributed by atoms with E-state index in [4.69, 9.17) is 0 Å². The number of unbranched alkanes of at least 4 members (excludes halogenated alkanes) is 3. The minimum absolute atomic E-state index is 0.196. The molecule has 0 saturated heterocycles. The minimum Gasteiger partial charge on any atom is -0.256 e. The quantitative estimate of drug-likeness (QED) is 0.350. The van der Waals surface area contributed by atoms with E-state index in [0.717, 1.165) is 36.0 Å². The molecule has 1 nitrogen and oxygen atoms in total. The largest absolute Gasteiger partial charge is 0.256 e. The number of nitrogens with zero attached hydrogens (tertiary/aromatic N) is 1. The molecule has 28 heavy (non-hydrogen) atoms. The van der Waals surface area contributed by atoms with Gasteiger partial charge in [-0.2, -0.15) is 0 Å². The van der Waals surface area contributed by atoms with Crippen molar-refractivity contribution in [3.8, 4) is 22.4 Å². The van der Waals surface area contributed by atoms with Crippen molar-refractivity contribution in [3.05, 3.63) is 77.7 Å². The van der Waals surface area contributed by atoms with E-state index in [1.165, 1.54) is 31.2 Å². The fourth-order valence-electron chi connectivity index (χ4n) is 3.55. The lowest BCUT2D eigenvalue weighted by atomic mass is 10.0. The van der Waals surface area contributed by atoms with Crippen LogP contribution in [0.5, 0.6) is 0 Å². The fourth-order valence-corrected chi connectivity index (χ4v) is 3.55. The molecule has 3 aromatic rings. The summed E-state index contributed by atoms with van der Waals surface area (Å²) in [5.74, 6) is -0.196. The molecule has 0 N–H and O–H groups in total. The molecule has 0 unspecified atom stereocenters. The second kappa shape index (κ2) is 10.2. The van der Waals surface area contributed by atoms with Gasteiger partial charge in [0.15, 0.2) is 0 Å². The Kier molecular flexibility index (Phi) is 7.36. The zero-order chi connectivity index (χ0) is 19.8. The third kappa shape index (κ3) is 5.28. The number of aromatic nitrogens is 1. The Morgan fingerprint density at radius 2 is 1.46 bits per heavy atom. The highest BCUT2D eigenvalue weighted by molar-refractivity contribution is 5.67. The van der Waals surface area contributed by atoms with Crippen molar-refractivity contribution in [1.29, 1.82) is 0 Å². The van der Waals surface area contributed by atoms with Gasteiger partial charge in [-0.3, -0.25) is 4.98 Å². The van der Waals surface area contributed by atoms with Crippen LogP contribution in [0.3, 0.4) is 0 Å². The Morgan fingerprint density at radius 3 is 2.11 bits per heavy atom. The summed E-state index contributed by atoms with van der Waals surface area (Å²) < 4.78 is 14.4. The number of halogens is 1. The second-order valence-electron chi connectivity index (χ2n) is 7.50. The lowest BCUT2D eigenvalue weighted by molar-refractivity contribution is 0.628. The highest BCUT2D eigenvalue weighted by atomic mass is 19.1. The van der Waals surface area contributed by atoms with Crippen LogP contribution in [0.4, 0.5) is 4.39 Å². The summed E-state index contributed by atoms with van der Waals surface area (Å²) in [5.41, 5.74) is 5.87. The summed E-state index contributed by atoms with van der Waals surface area (Å²) >= 11 is 0. The van der Waals surface area contributed by atoms with Crippen LogP contribution in [0.1, 0.15) is 57.1 Å². The molecule has 0 saturated carbocycles. The summed E-state index contributed by atoms with van der Waals surface area (Å²) in [6.45, 7) is 4.34. The molecule has 1 heterocycles. The summed E-state index contributed by atoms with van der Waals surface area (Å²) in [4.78, 5) is 4.51. The molecule has 2 heteroatoms. The molecule has 3 rings (SSSR count). The van der Waals surface area contributed by atoms with Crippen molar-refractivity contribution in [1.82, 2.24) is 4.98 Å². The van der Waals surface area contributed by atoms with Crippen LogP contribution < -0.4 is 0 Å². The minimum atomic E-state index is -0.196. The van der Waals surface area contributed by atoms with E-state index in [1.807, 2.05) is 30.5 Å². The second-order valence-corrected chi connectivity index (χ2v) is 7.50. The van der Waals surface area contributed by atoms with Crippen molar-refractivity contribution < 1.29 is 4.39 Å². The smallest absolute Gasteiger partial charge is 0.132 e. The Hall–Kier alpha value is -2.48. The molecule has 0 amide bonds. The molecule has 1 aromatic heterocycles. The molecule has 0 atom stereocenters. The average Bonchev–Trinajstić information content (AvgIpc) is 2.72. The van der Waals surface area contributed by atoms with Crippen molar-refractivity contribution >= 4 is 0 Å². The topological polar surface area (TPSA) is 12.9 Å². The highest BCUT2D eigenvalue weighted by Crippen LogP contribution is 2.26. The first kappa shape index (κ1) is 20.3. The Balaban J connectivity index is 1.69. The van der Waals surface area contributed by atoms with Crippen molar-refractivity contribution in [2.24, 2.45) is 0 Å². The van der Waals surface area contributed by atoms with Crippen LogP contribution in [0.2, 0.25) is 0 Å². The molecule has 2 aromatic carbocycles. The van der Waals surface area contributed by atoms with Crippen molar-refractivity contribution in [3.63, 3.8) is 0 Å². The van der Waals surface area contributed by atoms with Crippen molar-refractivity contribution in [2.75, 3.05) is 0 Å². The molecule has 0 aliphatic rings. The van der Waals surface area contributed by atoms with E-state index in [9.17, 15) is 4.39 Å². The van der Waals surface area contributed by atoms with Gasteiger partial charge in [-0.15, -0.1) is 0 Å². The maximum absolute atomic E-state index is 14.4. The third-order valence-corrected chi connectivity index (χ3v) is 5.22. The monoisotopic (exact) mass is 375 g/mol. The van der Waals surface area contributed by atoms with Crippen LogP contribution in [0, 0.1) is 5.82 Å². The van der Waals surface area contributed by atoms with Gasteiger partial charge in [0.1, 0.15) is 5.82 Å². The molecule has 0 fully saturated rings. The third-order valence-electron chi connectivity index (χ3n) is 5.22. The predicted molar refractivity (Wildman–Crippen MR) is 117 cm³/mol. The van der Waals surface area contributed by atoms with Gasteiger partial charge in [0, 0.05) is 17.3 Å². The fraction of sp³-hybridized carbons (Fsp3) is 0.346. The highest BCUT2D eigenvalue weighted by Gasteiger charge is 2.08. The SMILES string of the molecule is CCCCCCc1ccc(-c2ccc(-c3ccc(CCC)cc3F)nc2)cc1. The van der Waals surface area contributed by atoms with E-state index in [1.54, 1.807) is 6.07 Å². The van der Waals surface area contributed by atoms with E-state index < -0.39 is 0 Å². The van der Waals surface area contributed by atoms with E-state index >= 15 is 0 Å². The van der Waals surface area contributed by atoms with Gasteiger partial charge in [-0.1, -0.05) is 75.9 Å². The molecular weight excluding hydrogens is 345 g/mol. The van der Waals surface area contributed by atoms with Crippen molar-refractivity contribution in [2.45, 2.75) is 58.8 Å². The van der Waals surface area contributed by atoms with Crippen LogP contribution in [0.25, 0.3) is 22.4 Å². The number of rotatable bonds is 9. The summed E-state index contributed by atoms with van der Waals surface area (Å²) in [7, 11) is 0. The lowest BCUT2D eigenvalue weighted by Gasteiger charge is -2.08.